The second kappa shape index (κ2) is 4.85. The second-order valence-electron chi connectivity index (χ2n) is 2.62. The minimum Gasteiger partial charge on any atom is -0.384 e. The minimum absolute atomic E-state index is 0.588. The largest absolute Gasteiger partial charge is 0.384 e. The first-order valence-corrected chi connectivity index (χ1v) is 4.34. The molecule has 2 heteroatoms. The highest BCUT2D eigenvalue weighted by Crippen LogP contribution is 2.17. The third-order valence-corrected chi connectivity index (χ3v) is 1.89. The maximum absolute atomic E-state index is 9.56. The highest BCUT2D eigenvalue weighted by Gasteiger charge is 2.01. The topological polar surface area (TPSA) is 20.2 Å². The van der Waals surface area contributed by atoms with Crippen LogP contribution in [0.1, 0.15) is 11.7 Å². The number of aliphatic hydroxyl groups is 1. The van der Waals surface area contributed by atoms with Gasteiger partial charge in [-0.3, -0.25) is 0 Å². The Bertz CT molecular complexity index is 300. The van der Waals surface area contributed by atoms with E-state index in [0.717, 1.165) is 5.56 Å². The van der Waals surface area contributed by atoms with Gasteiger partial charge in [-0.1, -0.05) is 48.5 Å². The van der Waals surface area contributed by atoms with Crippen LogP contribution in [-0.4, -0.2) is 5.11 Å². The van der Waals surface area contributed by atoms with E-state index < -0.39 is 6.10 Å². The molecule has 1 N–H and O–H groups in total. The lowest BCUT2D eigenvalue weighted by Gasteiger charge is -2.04. The van der Waals surface area contributed by atoms with Crippen molar-refractivity contribution in [1.82, 2.24) is 0 Å². The summed E-state index contributed by atoms with van der Waals surface area (Å²) >= 11 is 5.70. The van der Waals surface area contributed by atoms with Crippen molar-refractivity contribution in [1.29, 1.82) is 0 Å². The van der Waals surface area contributed by atoms with Gasteiger partial charge in [-0.2, -0.15) is 0 Å². The van der Waals surface area contributed by atoms with E-state index in [1.54, 1.807) is 42.5 Å². The maximum atomic E-state index is 9.56. The number of rotatable bonds is 3. The lowest BCUT2D eigenvalue weighted by molar-refractivity contribution is 0.228. The number of benzene rings is 1. The van der Waals surface area contributed by atoms with Gasteiger partial charge in [0.25, 0.3) is 0 Å². The van der Waals surface area contributed by atoms with Crippen LogP contribution in [-0.2, 0) is 0 Å². The molecular formula is C11H11ClO. The maximum Gasteiger partial charge on any atom is 0.0974 e. The standard InChI is InChI=1S/C11H11ClO/c1-2-3-4-11(13)9-5-7-10(12)8-6-9/h2-8,11,13H,1H2/b4-3+. The Morgan fingerprint density at radius 1 is 1.31 bits per heavy atom. The lowest BCUT2D eigenvalue weighted by atomic mass is 10.1. The molecule has 13 heavy (non-hydrogen) atoms. The van der Waals surface area contributed by atoms with Gasteiger partial charge in [-0.05, 0) is 17.7 Å². The predicted octanol–water partition coefficient (Wildman–Crippen LogP) is 3.12. The van der Waals surface area contributed by atoms with E-state index in [1.807, 2.05) is 0 Å². The van der Waals surface area contributed by atoms with Crippen LogP contribution in [0, 0.1) is 0 Å². The first kappa shape index (κ1) is 10.0. The van der Waals surface area contributed by atoms with E-state index in [4.69, 9.17) is 11.6 Å². The lowest BCUT2D eigenvalue weighted by Crippen LogP contribution is -1.91. The first-order valence-electron chi connectivity index (χ1n) is 3.97. The molecular weight excluding hydrogens is 184 g/mol. The molecule has 0 aliphatic carbocycles. The number of halogens is 1. The van der Waals surface area contributed by atoms with E-state index in [-0.39, 0.29) is 0 Å². The smallest absolute Gasteiger partial charge is 0.0974 e. The average molecular weight is 195 g/mol. The van der Waals surface area contributed by atoms with Crippen molar-refractivity contribution in [3.05, 3.63) is 59.7 Å². The molecule has 1 atom stereocenters. The van der Waals surface area contributed by atoms with Crippen molar-refractivity contribution < 1.29 is 5.11 Å². The SMILES string of the molecule is C=C/C=C/C(O)c1ccc(Cl)cc1. The van der Waals surface area contributed by atoms with Crippen LogP contribution in [0.5, 0.6) is 0 Å². The Kier molecular flexibility index (Phi) is 3.74. The third kappa shape index (κ3) is 3.05. The van der Waals surface area contributed by atoms with Gasteiger partial charge in [0, 0.05) is 5.02 Å². The summed E-state index contributed by atoms with van der Waals surface area (Å²) in [7, 11) is 0. The van der Waals surface area contributed by atoms with Crippen LogP contribution < -0.4 is 0 Å². The fraction of sp³-hybridized carbons (Fsp3) is 0.0909. The van der Waals surface area contributed by atoms with Gasteiger partial charge in [0.1, 0.15) is 0 Å². The molecule has 68 valence electrons. The Morgan fingerprint density at radius 2 is 1.92 bits per heavy atom. The highest BCUT2D eigenvalue weighted by molar-refractivity contribution is 6.30. The monoisotopic (exact) mass is 194 g/mol. The van der Waals surface area contributed by atoms with E-state index in [9.17, 15) is 5.11 Å². The first-order chi connectivity index (χ1) is 6.24. The molecule has 0 heterocycles. The summed E-state index contributed by atoms with van der Waals surface area (Å²) in [6.07, 6.45) is 4.41. The van der Waals surface area contributed by atoms with Gasteiger partial charge in [0.2, 0.25) is 0 Å². The molecule has 0 amide bonds. The zero-order valence-electron chi connectivity index (χ0n) is 7.15. The molecule has 0 bridgehead atoms. The molecule has 1 nitrogen and oxygen atoms in total. The summed E-state index contributed by atoms with van der Waals surface area (Å²) in [4.78, 5) is 0. The summed E-state index contributed by atoms with van der Waals surface area (Å²) in [5.41, 5.74) is 0.822. The molecule has 1 unspecified atom stereocenters. The van der Waals surface area contributed by atoms with Crippen LogP contribution >= 0.6 is 11.6 Å². The summed E-state index contributed by atoms with van der Waals surface area (Å²) in [6.45, 7) is 3.52. The van der Waals surface area contributed by atoms with Crippen molar-refractivity contribution >= 4 is 11.6 Å². The van der Waals surface area contributed by atoms with Crippen molar-refractivity contribution in [2.45, 2.75) is 6.10 Å². The van der Waals surface area contributed by atoms with E-state index in [0.29, 0.717) is 5.02 Å². The highest BCUT2D eigenvalue weighted by atomic mass is 35.5. The fourth-order valence-electron chi connectivity index (χ4n) is 0.955. The quantitative estimate of drug-likeness (QED) is 0.734. The molecule has 0 aliphatic rings. The van der Waals surface area contributed by atoms with Gasteiger partial charge in [0.15, 0.2) is 0 Å². The number of hydrogen-bond donors (Lipinski definition) is 1. The Labute approximate surface area is 83.0 Å². The van der Waals surface area contributed by atoms with Crippen LogP contribution in [0.25, 0.3) is 0 Å². The summed E-state index contributed by atoms with van der Waals surface area (Å²) in [5.74, 6) is 0. The number of hydrogen-bond acceptors (Lipinski definition) is 1. The molecule has 0 spiro atoms. The summed E-state index contributed by atoms with van der Waals surface area (Å²) in [6, 6.07) is 7.09. The second-order valence-corrected chi connectivity index (χ2v) is 3.05. The number of aliphatic hydroxyl groups excluding tert-OH is 1. The van der Waals surface area contributed by atoms with Crippen molar-refractivity contribution in [3.8, 4) is 0 Å². The predicted molar refractivity (Wildman–Crippen MR) is 55.7 cm³/mol. The van der Waals surface area contributed by atoms with Crippen LogP contribution in [0.3, 0.4) is 0 Å². The van der Waals surface area contributed by atoms with Gasteiger partial charge < -0.3 is 5.11 Å². The summed E-state index contributed by atoms with van der Waals surface area (Å²) < 4.78 is 0. The van der Waals surface area contributed by atoms with Gasteiger partial charge in [-0.25, -0.2) is 0 Å². The molecule has 1 aromatic carbocycles. The average Bonchev–Trinajstić information content (AvgIpc) is 2.15. The Balaban J connectivity index is 2.77. The molecule has 0 aliphatic heterocycles. The van der Waals surface area contributed by atoms with Crippen LogP contribution in [0.2, 0.25) is 5.02 Å². The zero-order valence-corrected chi connectivity index (χ0v) is 7.91. The zero-order chi connectivity index (χ0) is 9.68. The van der Waals surface area contributed by atoms with Crippen LogP contribution in [0.15, 0.2) is 49.1 Å². The molecule has 1 aromatic rings. The van der Waals surface area contributed by atoms with Crippen molar-refractivity contribution in [2.24, 2.45) is 0 Å². The molecule has 0 saturated heterocycles. The number of allylic oxidation sites excluding steroid dienone is 2. The summed E-state index contributed by atoms with van der Waals surface area (Å²) in [5, 5.41) is 10.2. The van der Waals surface area contributed by atoms with Gasteiger partial charge >= 0.3 is 0 Å². The minimum atomic E-state index is -0.588. The van der Waals surface area contributed by atoms with Crippen molar-refractivity contribution in [2.75, 3.05) is 0 Å². The molecule has 0 aromatic heterocycles. The fourth-order valence-corrected chi connectivity index (χ4v) is 1.08. The molecule has 0 fully saturated rings. The Morgan fingerprint density at radius 3 is 2.46 bits per heavy atom. The van der Waals surface area contributed by atoms with E-state index in [1.165, 1.54) is 0 Å². The molecule has 0 saturated carbocycles. The van der Waals surface area contributed by atoms with Crippen LogP contribution in [0.4, 0.5) is 0 Å². The Hall–Kier alpha value is -1.05. The van der Waals surface area contributed by atoms with E-state index in [2.05, 4.69) is 6.58 Å². The van der Waals surface area contributed by atoms with Gasteiger partial charge in [0.05, 0.1) is 6.10 Å². The van der Waals surface area contributed by atoms with E-state index >= 15 is 0 Å². The third-order valence-electron chi connectivity index (χ3n) is 1.64. The molecule has 0 radical (unpaired) electrons. The normalized spacial score (nSPS) is 13.1. The van der Waals surface area contributed by atoms with Crippen molar-refractivity contribution in [3.63, 3.8) is 0 Å². The molecule has 1 rings (SSSR count). The van der Waals surface area contributed by atoms with Gasteiger partial charge in [-0.15, -0.1) is 0 Å².